The van der Waals surface area contributed by atoms with Crippen LogP contribution in [0.15, 0.2) is 24.3 Å². The van der Waals surface area contributed by atoms with Crippen molar-refractivity contribution in [3.05, 3.63) is 35.5 Å². The first-order valence-electron chi connectivity index (χ1n) is 9.97. The summed E-state index contributed by atoms with van der Waals surface area (Å²) in [7, 11) is 0. The van der Waals surface area contributed by atoms with E-state index in [4.69, 9.17) is 4.74 Å². The molecular weight excluding hydrogens is 310 g/mol. The minimum atomic E-state index is 0.433. The Hall–Kier alpha value is -1.36. The molecule has 0 saturated carbocycles. The van der Waals surface area contributed by atoms with E-state index in [1.807, 2.05) is 0 Å². The van der Waals surface area contributed by atoms with E-state index < -0.39 is 0 Å². The molecule has 1 atom stereocenters. The predicted molar refractivity (Wildman–Crippen MR) is 103 cm³/mol. The molecule has 0 amide bonds. The van der Waals surface area contributed by atoms with E-state index in [0.717, 1.165) is 39.2 Å². The van der Waals surface area contributed by atoms with Gasteiger partial charge in [0.1, 0.15) is 0 Å². The first-order valence-corrected chi connectivity index (χ1v) is 9.97. The van der Waals surface area contributed by atoms with E-state index >= 15 is 0 Å². The molecule has 2 aliphatic rings. The Morgan fingerprint density at radius 3 is 2.80 bits per heavy atom. The Bertz CT molecular complexity index is 690. The number of nitrogens with one attached hydrogen (secondary N) is 1. The lowest BCUT2D eigenvalue weighted by Gasteiger charge is -2.16. The highest BCUT2D eigenvalue weighted by Gasteiger charge is 2.22. The maximum Gasteiger partial charge on any atom is 0.0714 e. The largest absolute Gasteiger partial charge is 0.377 e. The van der Waals surface area contributed by atoms with Crippen molar-refractivity contribution in [2.24, 2.45) is 0 Å². The van der Waals surface area contributed by atoms with Crippen LogP contribution in [0.4, 0.5) is 0 Å². The summed E-state index contributed by atoms with van der Waals surface area (Å²) in [6.45, 7) is 9.89. The van der Waals surface area contributed by atoms with Gasteiger partial charge in [-0.3, -0.25) is 9.80 Å². The van der Waals surface area contributed by atoms with Gasteiger partial charge < -0.3 is 9.72 Å². The number of rotatable bonds is 7. The lowest BCUT2D eigenvalue weighted by Crippen LogP contribution is -2.23. The zero-order valence-electron chi connectivity index (χ0n) is 15.5. The third kappa shape index (κ3) is 4.25. The van der Waals surface area contributed by atoms with Crippen LogP contribution in [0.5, 0.6) is 0 Å². The molecule has 1 unspecified atom stereocenters. The van der Waals surface area contributed by atoms with E-state index in [2.05, 4.69) is 46.0 Å². The molecule has 3 heterocycles. The van der Waals surface area contributed by atoms with Gasteiger partial charge in [-0.15, -0.1) is 0 Å². The summed E-state index contributed by atoms with van der Waals surface area (Å²) in [5.41, 5.74) is 4.03. The molecule has 2 saturated heterocycles. The molecule has 4 heteroatoms. The van der Waals surface area contributed by atoms with Gasteiger partial charge in [0.2, 0.25) is 0 Å². The minimum absolute atomic E-state index is 0.433. The summed E-state index contributed by atoms with van der Waals surface area (Å²) in [6.07, 6.45) is 5.42. The standard InChI is InChI=1S/C21H31N3O/c1-2-11-25-20-7-10-24(16-20)14-17-5-6-21-18(12-17)13-19(22-21)15-23-8-3-4-9-23/h5-6,12-13,20,22H,2-4,7-11,14-16H2,1H3. The molecule has 1 N–H and O–H groups in total. The third-order valence-corrected chi connectivity index (χ3v) is 5.53. The van der Waals surface area contributed by atoms with Gasteiger partial charge in [0.15, 0.2) is 0 Å². The summed E-state index contributed by atoms with van der Waals surface area (Å²) in [5.74, 6) is 0. The smallest absolute Gasteiger partial charge is 0.0714 e. The van der Waals surface area contributed by atoms with Crippen molar-refractivity contribution in [1.82, 2.24) is 14.8 Å². The van der Waals surface area contributed by atoms with Crippen LogP contribution in [0.3, 0.4) is 0 Å². The Kier molecular flexibility index (Phi) is 5.39. The second-order valence-corrected chi connectivity index (χ2v) is 7.72. The van der Waals surface area contributed by atoms with E-state index in [-0.39, 0.29) is 0 Å². The van der Waals surface area contributed by atoms with E-state index in [0.29, 0.717) is 6.10 Å². The van der Waals surface area contributed by atoms with Gasteiger partial charge in [-0.25, -0.2) is 0 Å². The molecule has 1 aromatic heterocycles. The van der Waals surface area contributed by atoms with Crippen LogP contribution >= 0.6 is 0 Å². The van der Waals surface area contributed by atoms with Crippen LogP contribution < -0.4 is 0 Å². The summed E-state index contributed by atoms with van der Waals surface area (Å²) < 4.78 is 5.91. The second kappa shape index (κ2) is 7.90. The maximum absolute atomic E-state index is 5.91. The molecule has 0 aliphatic carbocycles. The molecule has 0 bridgehead atoms. The van der Waals surface area contributed by atoms with Crippen molar-refractivity contribution in [3.8, 4) is 0 Å². The number of likely N-dealkylation sites (tertiary alicyclic amines) is 2. The van der Waals surface area contributed by atoms with Gasteiger partial charge in [-0.1, -0.05) is 13.0 Å². The van der Waals surface area contributed by atoms with Crippen LogP contribution in [0.1, 0.15) is 43.9 Å². The van der Waals surface area contributed by atoms with Crippen molar-refractivity contribution >= 4 is 10.9 Å². The maximum atomic E-state index is 5.91. The molecule has 25 heavy (non-hydrogen) atoms. The van der Waals surface area contributed by atoms with Crippen molar-refractivity contribution in [3.63, 3.8) is 0 Å². The lowest BCUT2D eigenvalue weighted by molar-refractivity contribution is 0.0590. The number of hydrogen-bond donors (Lipinski definition) is 1. The fourth-order valence-electron chi connectivity index (χ4n) is 4.23. The van der Waals surface area contributed by atoms with Crippen LogP contribution in [0.25, 0.3) is 10.9 Å². The van der Waals surface area contributed by atoms with E-state index in [1.54, 1.807) is 0 Å². The number of ether oxygens (including phenoxy) is 1. The second-order valence-electron chi connectivity index (χ2n) is 7.72. The number of aromatic nitrogens is 1. The fourth-order valence-corrected chi connectivity index (χ4v) is 4.23. The fraction of sp³-hybridized carbons (Fsp3) is 0.619. The van der Waals surface area contributed by atoms with E-state index in [9.17, 15) is 0 Å². The zero-order chi connectivity index (χ0) is 17.1. The Labute approximate surface area is 151 Å². The molecule has 2 aliphatic heterocycles. The SMILES string of the molecule is CCCOC1CCN(Cc2ccc3[nH]c(CN4CCCC4)cc3c2)C1. The topological polar surface area (TPSA) is 31.5 Å². The zero-order valence-corrected chi connectivity index (χ0v) is 15.5. The van der Waals surface area contributed by atoms with E-state index in [1.165, 1.54) is 54.5 Å². The van der Waals surface area contributed by atoms with Gasteiger partial charge >= 0.3 is 0 Å². The predicted octanol–water partition coefficient (Wildman–Crippen LogP) is 3.76. The van der Waals surface area contributed by atoms with Gasteiger partial charge in [-0.2, -0.15) is 0 Å². The van der Waals surface area contributed by atoms with Crippen LogP contribution in [-0.2, 0) is 17.8 Å². The van der Waals surface area contributed by atoms with Crippen LogP contribution in [-0.4, -0.2) is 53.7 Å². The summed E-state index contributed by atoms with van der Waals surface area (Å²) >= 11 is 0. The number of nitrogens with zero attached hydrogens (tertiary/aromatic N) is 2. The Morgan fingerprint density at radius 2 is 1.96 bits per heavy atom. The average Bonchev–Trinajstić information content (AvgIpc) is 3.34. The molecule has 4 rings (SSSR count). The molecule has 4 nitrogen and oxygen atoms in total. The highest BCUT2D eigenvalue weighted by Crippen LogP contribution is 2.22. The normalized spacial score (nSPS) is 22.4. The minimum Gasteiger partial charge on any atom is -0.377 e. The highest BCUT2D eigenvalue weighted by molar-refractivity contribution is 5.81. The van der Waals surface area contributed by atoms with Crippen molar-refractivity contribution < 1.29 is 4.74 Å². The Balaban J connectivity index is 1.37. The molecule has 0 spiro atoms. The van der Waals surface area contributed by atoms with Crippen molar-refractivity contribution in [2.75, 3.05) is 32.8 Å². The average molecular weight is 341 g/mol. The third-order valence-electron chi connectivity index (χ3n) is 5.53. The van der Waals surface area contributed by atoms with Gasteiger partial charge in [0.25, 0.3) is 0 Å². The van der Waals surface area contributed by atoms with Crippen molar-refractivity contribution in [1.29, 1.82) is 0 Å². The van der Waals surface area contributed by atoms with Gasteiger partial charge in [0.05, 0.1) is 6.10 Å². The van der Waals surface area contributed by atoms with Crippen molar-refractivity contribution in [2.45, 2.75) is 51.8 Å². The lowest BCUT2D eigenvalue weighted by atomic mass is 10.1. The molecule has 136 valence electrons. The number of H-pyrrole nitrogens is 1. The van der Waals surface area contributed by atoms with Crippen LogP contribution in [0, 0.1) is 0 Å². The van der Waals surface area contributed by atoms with Gasteiger partial charge in [0, 0.05) is 49.4 Å². The monoisotopic (exact) mass is 341 g/mol. The molecule has 0 radical (unpaired) electrons. The summed E-state index contributed by atoms with van der Waals surface area (Å²) in [4.78, 5) is 8.67. The summed E-state index contributed by atoms with van der Waals surface area (Å²) in [5, 5.41) is 1.35. The number of benzene rings is 1. The molecule has 1 aromatic carbocycles. The first kappa shape index (κ1) is 17.1. The number of hydrogen-bond acceptors (Lipinski definition) is 3. The number of aromatic amines is 1. The van der Waals surface area contributed by atoms with Crippen LogP contribution in [0.2, 0.25) is 0 Å². The first-order chi connectivity index (χ1) is 12.3. The molecule has 2 aromatic rings. The number of fused-ring (bicyclic) bond motifs is 1. The quantitative estimate of drug-likeness (QED) is 0.832. The Morgan fingerprint density at radius 1 is 1.08 bits per heavy atom. The molecule has 2 fully saturated rings. The highest BCUT2D eigenvalue weighted by atomic mass is 16.5. The van der Waals surface area contributed by atoms with Gasteiger partial charge in [-0.05, 0) is 62.5 Å². The summed E-state index contributed by atoms with van der Waals surface area (Å²) in [6, 6.07) is 9.23. The molecular formula is C21H31N3O.